The third-order valence-electron chi connectivity index (χ3n) is 5.74. The van der Waals surface area contributed by atoms with Crippen LogP contribution in [0.4, 0.5) is 0 Å². The van der Waals surface area contributed by atoms with Crippen LogP contribution in [0.25, 0.3) is 16.9 Å². The number of rotatable bonds is 4. The molecule has 0 radical (unpaired) electrons. The Bertz CT molecular complexity index is 1110. The molecule has 1 aliphatic carbocycles. The van der Waals surface area contributed by atoms with E-state index in [2.05, 4.69) is 27.3 Å². The van der Waals surface area contributed by atoms with Crippen LogP contribution in [0.3, 0.4) is 0 Å². The number of hydrogen-bond acceptors (Lipinski definition) is 3. The molecule has 1 N–H and O–H groups in total. The molecular formula is C24H23BrN4O. The van der Waals surface area contributed by atoms with E-state index in [1.807, 2.05) is 66.2 Å². The van der Waals surface area contributed by atoms with Crippen LogP contribution in [0.15, 0.2) is 59.1 Å². The van der Waals surface area contributed by atoms with Gasteiger partial charge in [-0.1, -0.05) is 61.7 Å². The fourth-order valence-electron chi connectivity index (χ4n) is 4.14. The van der Waals surface area contributed by atoms with E-state index in [9.17, 15) is 10.1 Å². The SMILES string of the molecule is Cc1c(C(=O)NC2(C#N)CCCCC2)nn(-c2ccccc2Br)c1-c1ccccc1. The maximum Gasteiger partial charge on any atom is 0.273 e. The summed E-state index contributed by atoms with van der Waals surface area (Å²) in [5.41, 5.74) is 3.03. The normalized spacial score (nSPS) is 15.4. The van der Waals surface area contributed by atoms with Crippen molar-refractivity contribution < 1.29 is 4.79 Å². The molecule has 1 fully saturated rings. The number of carbonyl (C=O) groups is 1. The van der Waals surface area contributed by atoms with Crippen molar-refractivity contribution >= 4 is 21.8 Å². The molecule has 1 amide bonds. The summed E-state index contributed by atoms with van der Waals surface area (Å²) in [5, 5.41) is 17.5. The summed E-state index contributed by atoms with van der Waals surface area (Å²) in [6.07, 6.45) is 4.38. The van der Waals surface area contributed by atoms with Crippen molar-refractivity contribution in [3.05, 3.63) is 70.3 Å². The van der Waals surface area contributed by atoms with Gasteiger partial charge in [0.2, 0.25) is 0 Å². The molecule has 0 atom stereocenters. The molecule has 0 bridgehead atoms. The molecule has 0 spiro atoms. The number of nitrogens with zero attached hydrogens (tertiary/aromatic N) is 3. The molecule has 0 aliphatic heterocycles. The number of nitriles is 1. The fraction of sp³-hybridized carbons (Fsp3) is 0.292. The topological polar surface area (TPSA) is 70.7 Å². The summed E-state index contributed by atoms with van der Waals surface area (Å²) in [6, 6.07) is 20.1. The molecule has 152 valence electrons. The number of amides is 1. The molecular weight excluding hydrogens is 440 g/mol. The van der Waals surface area contributed by atoms with Gasteiger partial charge in [-0.25, -0.2) is 4.68 Å². The predicted octanol–water partition coefficient (Wildman–Crippen LogP) is 5.57. The molecule has 2 aromatic carbocycles. The summed E-state index contributed by atoms with van der Waals surface area (Å²) in [7, 11) is 0. The summed E-state index contributed by atoms with van der Waals surface area (Å²) >= 11 is 3.61. The average molecular weight is 463 g/mol. The Morgan fingerprint density at radius 3 is 2.43 bits per heavy atom. The number of para-hydroxylation sites is 1. The smallest absolute Gasteiger partial charge is 0.273 e. The molecule has 5 nitrogen and oxygen atoms in total. The Morgan fingerprint density at radius 2 is 1.77 bits per heavy atom. The van der Waals surface area contributed by atoms with Gasteiger partial charge in [0.25, 0.3) is 5.91 Å². The zero-order valence-corrected chi connectivity index (χ0v) is 18.4. The molecule has 1 saturated carbocycles. The largest absolute Gasteiger partial charge is 0.332 e. The second-order valence-electron chi connectivity index (χ2n) is 7.76. The van der Waals surface area contributed by atoms with Gasteiger partial charge in [0, 0.05) is 15.6 Å². The van der Waals surface area contributed by atoms with E-state index in [1.54, 1.807) is 0 Å². The lowest BCUT2D eigenvalue weighted by atomic mass is 9.82. The van der Waals surface area contributed by atoms with Gasteiger partial charge in [-0.2, -0.15) is 10.4 Å². The highest BCUT2D eigenvalue weighted by atomic mass is 79.9. The van der Waals surface area contributed by atoms with E-state index < -0.39 is 5.54 Å². The Labute approximate surface area is 184 Å². The highest BCUT2D eigenvalue weighted by Crippen LogP contribution is 2.32. The molecule has 6 heteroatoms. The Morgan fingerprint density at radius 1 is 1.10 bits per heavy atom. The lowest BCUT2D eigenvalue weighted by molar-refractivity contribution is 0.0896. The van der Waals surface area contributed by atoms with Gasteiger partial charge in [0.05, 0.1) is 17.5 Å². The van der Waals surface area contributed by atoms with Crippen molar-refractivity contribution in [2.45, 2.75) is 44.6 Å². The lowest BCUT2D eigenvalue weighted by Crippen LogP contribution is -2.48. The quantitative estimate of drug-likeness (QED) is 0.550. The highest BCUT2D eigenvalue weighted by Gasteiger charge is 2.35. The van der Waals surface area contributed by atoms with Gasteiger partial charge >= 0.3 is 0 Å². The van der Waals surface area contributed by atoms with Crippen LogP contribution in [0, 0.1) is 18.3 Å². The minimum absolute atomic E-state index is 0.293. The predicted molar refractivity (Wildman–Crippen MR) is 120 cm³/mol. The average Bonchev–Trinajstić information content (AvgIpc) is 3.12. The van der Waals surface area contributed by atoms with Crippen LogP contribution >= 0.6 is 15.9 Å². The van der Waals surface area contributed by atoms with E-state index in [0.717, 1.165) is 46.2 Å². The van der Waals surface area contributed by atoms with Gasteiger partial charge in [-0.15, -0.1) is 0 Å². The standard InChI is InChI=1S/C24H23BrN4O/c1-17-21(23(30)27-24(16-26)14-8-3-9-15-24)28-29(20-13-7-6-12-19(20)25)22(17)18-10-4-2-5-11-18/h2,4-7,10-13H,3,8-9,14-15H2,1H3,(H,27,30). The maximum atomic E-state index is 13.3. The second kappa shape index (κ2) is 8.45. The first kappa shape index (κ1) is 20.4. The van der Waals surface area contributed by atoms with Crippen molar-refractivity contribution in [2.24, 2.45) is 0 Å². The van der Waals surface area contributed by atoms with Crippen LogP contribution in [0.5, 0.6) is 0 Å². The number of nitrogens with one attached hydrogen (secondary N) is 1. The number of aromatic nitrogens is 2. The third-order valence-corrected chi connectivity index (χ3v) is 6.41. The maximum absolute atomic E-state index is 13.3. The molecule has 1 aliphatic rings. The van der Waals surface area contributed by atoms with E-state index in [-0.39, 0.29) is 5.91 Å². The van der Waals surface area contributed by atoms with E-state index in [1.165, 1.54) is 0 Å². The van der Waals surface area contributed by atoms with Crippen LogP contribution in [0.2, 0.25) is 0 Å². The van der Waals surface area contributed by atoms with Crippen molar-refractivity contribution in [3.8, 4) is 23.0 Å². The number of hydrogen-bond donors (Lipinski definition) is 1. The minimum atomic E-state index is -0.800. The second-order valence-corrected chi connectivity index (χ2v) is 8.61. The van der Waals surface area contributed by atoms with Gasteiger partial charge in [0.15, 0.2) is 5.69 Å². The van der Waals surface area contributed by atoms with Gasteiger partial charge < -0.3 is 5.32 Å². The van der Waals surface area contributed by atoms with Gasteiger partial charge in [-0.3, -0.25) is 4.79 Å². The van der Waals surface area contributed by atoms with Crippen LogP contribution in [-0.4, -0.2) is 21.2 Å². The Hall–Kier alpha value is -2.91. The van der Waals surface area contributed by atoms with Crippen molar-refractivity contribution in [1.29, 1.82) is 5.26 Å². The molecule has 4 rings (SSSR count). The molecule has 0 saturated heterocycles. The van der Waals surface area contributed by atoms with Crippen LogP contribution in [0.1, 0.15) is 48.2 Å². The minimum Gasteiger partial charge on any atom is -0.332 e. The highest BCUT2D eigenvalue weighted by molar-refractivity contribution is 9.10. The van der Waals surface area contributed by atoms with Gasteiger partial charge in [-0.05, 0) is 47.8 Å². The third kappa shape index (κ3) is 3.78. The lowest BCUT2D eigenvalue weighted by Gasteiger charge is -2.31. The molecule has 1 aromatic heterocycles. The van der Waals surface area contributed by atoms with Crippen molar-refractivity contribution in [1.82, 2.24) is 15.1 Å². The first-order valence-corrected chi connectivity index (χ1v) is 11.0. The van der Waals surface area contributed by atoms with Gasteiger partial charge in [0.1, 0.15) is 5.54 Å². The fourth-order valence-corrected chi connectivity index (χ4v) is 4.59. The Balaban J connectivity index is 1.81. The number of carbonyl (C=O) groups excluding carboxylic acids is 1. The Kier molecular flexibility index (Phi) is 5.74. The molecule has 1 heterocycles. The summed E-state index contributed by atoms with van der Waals surface area (Å²) in [4.78, 5) is 13.3. The van der Waals surface area contributed by atoms with Crippen molar-refractivity contribution in [2.75, 3.05) is 0 Å². The van der Waals surface area contributed by atoms with E-state index in [4.69, 9.17) is 5.10 Å². The summed E-state index contributed by atoms with van der Waals surface area (Å²) in [6.45, 7) is 1.91. The first-order valence-electron chi connectivity index (χ1n) is 10.2. The monoisotopic (exact) mass is 462 g/mol. The summed E-state index contributed by atoms with van der Waals surface area (Å²) in [5.74, 6) is -0.293. The number of halogens is 1. The van der Waals surface area contributed by atoms with E-state index >= 15 is 0 Å². The van der Waals surface area contributed by atoms with E-state index in [0.29, 0.717) is 18.5 Å². The number of benzene rings is 2. The van der Waals surface area contributed by atoms with Crippen LogP contribution < -0.4 is 5.32 Å². The summed E-state index contributed by atoms with van der Waals surface area (Å²) < 4.78 is 2.70. The van der Waals surface area contributed by atoms with Crippen molar-refractivity contribution in [3.63, 3.8) is 0 Å². The molecule has 30 heavy (non-hydrogen) atoms. The van der Waals surface area contributed by atoms with Crippen LogP contribution in [-0.2, 0) is 0 Å². The zero-order valence-electron chi connectivity index (χ0n) is 16.9. The zero-order chi connectivity index (χ0) is 21.1. The first-order chi connectivity index (χ1) is 14.5. The molecule has 3 aromatic rings. The molecule has 0 unspecified atom stereocenters.